The maximum atomic E-state index is 13.4. The Bertz CT molecular complexity index is 1400. The van der Waals surface area contributed by atoms with Gasteiger partial charge >= 0.3 is 6.03 Å². The first-order valence-electron chi connectivity index (χ1n) is 11.4. The zero-order valence-electron chi connectivity index (χ0n) is 19.1. The van der Waals surface area contributed by atoms with Gasteiger partial charge in [-0.15, -0.1) is 0 Å². The summed E-state index contributed by atoms with van der Waals surface area (Å²) in [6.07, 6.45) is 0.949. The van der Waals surface area contributed by atoms with E-state index >= 15 is 0 Å². The Morgan fingerprint density at radius 2 is 1.75 bits per heavy atom. The molecule has 188 valence electrons. The van der Waals surface area contributed by atoms with Crippen LogP contribution >= 0.6 is 11.6 Å². The van der Waals surface area contributed by atoms with E-state index < -0.39 is 26.7 Å². The van der Waals surface area contributed by atoms with E-state index in [1.54, 1.807) is 36.4 Å². The number of carbonyl (C=O) groups is 1. The van der Waals surface area contributed by atoms with Crippen LogP contribution in [0.1, 0.15) is 6.42 Å². The number of nitrogens with two attached hydrogens (primary N) is 1. The van der Waals surface area contributed by atoms with Crippen molar-refractivity contribution in [3.8, 4) is 17.2 Å². The molecule has 0 bridgehead atoms. The Hall–Kier alpha value is -3.31. The predicted octanol–water partition coefficient (Wildman–Crippen LogP) is 4.45. The number of fused-ring (bicyclic) bond motifs is 1. The number of nitrogens with one attached hydrogen (secondary N) is 2. The molecule has 5 rings (SSSR count). The number of nitrogens with zero attached hydrogens (tertiary/aromatic N) is 1. The summed E-state index contributed by atoms with van der Waals surface area (Å²) in [6, 6.07) is 17.5. The predicted molar refractivity (Wildman–Crippen MR) is 137 cm³/mol. The number of hydrogen-bond acceptors (Lipinski definition) is 6. The molecule has 0 aromatic heterocycles. The highest BCUT2D eigenvalue weighted by Crippen LogP contribution is 2.52. The maximum Gasteiger partial charge on any atom is 0.323 e. The topological polar surface area (TPSA) is 134 Å². The number of ether oxygens (including phenoxy) is 1. The number of hydrogen-bond donors (Lipinski definition) is 4. The third-order valence-corrected chi connectivity index (χ3v) is 8.90. The van der Waals surface area contributed by atoms with Crippen LogP contribution in [0.4, 0.5) is 16.2 Å². The number of carbonyl (C=O) groups excluding carboxylic acids is 1. The van der Waals surface area contributed by atoms with Crippen molar-refractivity contribution in [1.29, 1.82) is 0 Å². The van der Waals surface area contributed by atoms with Crippen molar-refractivity contribution in [1.82, 2.24) is 4.31 Å². The number of benzene rings is 3. The fourth-order valence-electron chi connectivity index (χ4n) is 4.66. The van der Waals surface area contributed by atoms with E-state index in [2.05, 4.69) is 10.6 Å². The molecule has 1 saturated heterocycles. The third-order valence-electron chi connectivity index (χ3n) is 6.50. The monoisotopic (exact) mass is 528 g/mol. The van der Waals surface area contributed by atoms with Gasteiger partial charge in [-0.1, -0.05) is 41.9 Å². The second kappa shape index (κ2) is 9.62. The van der Waals surface area contributed by atoms with Crippen molar-refractivity contribution in [2.75, 3.05) is 23.7 Å². The quantitative estimate of drug-likeness (QED) is 0.335. The van der Waals surface area contributed by atoms with E-state index in [1.165, 1.54) is 16.4 Å². The number of urea groups is 1. The van der Waals surface area contributed by atoms with Crippen molar-refractivity contribution in [2.45, 2.75) is 17.4 Å². The van der Waals surface area contributed by atoms with Crippen LogP contribution in [0.25, 0.3) is 0 Å². The summed E-state index contributed by atoms with van der Waals surface area (Å²) in [6.45, 7) is 0.518. The van der Waals surface area contributed by atoms with Crippen LogP contribution < -0.4 is 21.1 Å². The van der Waals surface area contributed by atoms with E-state index in [0.717, 1.165) is 6.42 Å². The zero-order valence-corrected chi connectivity index (χ0v) is 20.7. The first kappa shape index (κ1) is 24.4. The van der Waals surface area contributed by atoms with Gasteiger partial charge < -0.3 is 26.2 Å². The van der Waals surface area contributed by atoms with Gasteiger partial charge in [0, 0.05) is 19.1 Å². The van der Waals surface area contributed by atoms with Crippen LogP contribution in [0, 0.1) is 11.8 Å². The molecular weight excluding hydrogens is 504 g/mol. The molecule has 11 heteroatoms. The van der Waals surface area contributed by atoms with Gasteiger partial charge in [0.15, 0.2) is 11.5 Å². The molecular formula is C25H25ClN4O5S. The van der Waals surface area contributed by atoms with Crippen LogP contribution in [0.5, 0.6) is 17.2 Å². The lowest BCUT2D eigenvalue weighted by Gasteiger charge is -2.26. The molecule has 3 atom stereocenters. The van der Waals surface area contributed by atoms with Crippen molar-refractivity contribution >= 4 is 39.0 Å². The number of aromatic hydroxyl groups is 1. The molecule has 5 N–H and O–H groups in total. The second-order valence-electron chi connectivity index (χ2n) is 8.80. The number of amides is 2. The Morgan fingerprint density at radius 1 is 1.06 bits per heavy atom. The van der Waals surface area contributed by atoms with Gasteiger partial charge in [-0.3, -0.25) is 0 Å². The van der Waals surface area contributed by atoms with E-state index in [-0.39, 0.29) is 35.1 Å². The third kappa shape index (κ3) is 4.60. The highest BCUT2D eigenvalue weighted by molar-refractivity contribution is 7.89. The molecule has 3 unspecified atom stereocenters. The number of phenolic OH excluding ortho intramolecular Hbond substituents is 1. The van der Waals surface area contributed by atoms with Crippen molar-refractivity contribution < 1.29 is 23.1 Å². The summed E-state index contributed by atoms with van der Waals surface area (Å²) in [5.41, 5.74) is 6.12. The van der Waals surface area contributed by atoms with Crippen LogP contribution in [0.2, 0.25) is 5.02 Å². The van der Waals surface area contributed by atoms with Crippen LogP contribution in [-0.4, -0.2) is 43.0 Å². The lowest BCUT2D eigenvalue weighted by atomic mass is 10.2. The number of phenols is 1. The molecule has 9 nitrogen and oxygen atoms in total. The number of anilines is 2. The first-order chi connectivity index (χ1) is 17.3. The van der Waals surface area contributed by atoms with Gasteiger partial charge in [-0.25, -0.2) is 13.2 Å². The largest absolute Gasteiger partial charge is 0.504 e. The van der Waals surface area contributed by atoms with Gasteiger partial charge in [0.1, 0.15) is 10.6 Å². The Labute approximate surface area is 213 Å². The minimum absolute atomic E-state index is 0.106. The maximum absolute atomic E-state index is 13.4. The minimum atomic E-state index is -4.14. The molecule has 36 heavy (non-hydrogen) atoms. The standard InChI is InChI=1S/C25H25ClN4O5S/c26-18-10-11-20(23(31)24(18)36(33,34)30-14-15-12-17(15)21(30)13-27)29-25(32)28-19-8-4-5-9-22(19)35-16-6-2-1-3-7-16/h1-11,15,17,21,31H,12-14,27H2,(H2,28,29,32). The summed E-state index contributed by atoms with van der Waals surface area (Å²) >= 11 is 6.23. The number of halogens is 1. The Morgan fingerprint density at radius 3 is 2.50 bits per heavy atom. The molecule has 1 heterocycles. The summed E-state index contributed by atoms with van der Waals surface area (Å²) < 4.78 is 34.0. The number of para-hydroxylation sites is 3. The average molecular weight is 529 g/mol. The van der Waals surface area contributed by atoms with Crippen molar-refractivity contribution in [2.24, 2.45) is 17.6 Å². The van der Waals surface area contributed by atoms with Gasteiger partial charge in [-0.2, -0.15) is 4.31 Å². The Kier molecular flexibility index (Phi) is 6.52. The van der Waals surface area contributed by atoms with Crippen LogP contribution in [0.15, 0.2) is 71.6 Å². The van der Waals surface area contributed by atoms with Crippen molar-refractivity contribution in [3.05, 3.63) is 71.8 Å². The highest BCUT2D eigenvalue weighted by atomic mass is 35.5. The first-order valence-corrected chi connectivity index (χ1v) is 13.2. The normalized spacial score (nSPS) is 21.0. The minimum Gasteiger partial charge on any atom is -0.504 e. The van der Waals surface area contributed by atoms with Crippen LogP contribution in [0.3, 0.4) is 0 Å². The number of piperidine rings is 1. The number of sulfonamides is 1. The molecule has 1 saturated carbocycles. The second-order valence-corrected chi connectivity index (χ2v) is 11.0. The van der Waals surface area contributed by atoms with Gasteiger partial charge in [-0.05, 0) is 54.7 Å². The fourth-order valence-corrected chi connectivity index (χ4v) is 7.00. The molecule has 1 aliphatic heterocycles. The summed E-state index contributed by atoms with van der Waals surface area (Å²) in [5.74, 6) is 0.869. The molecule has 2 fully saturated rings. The smallest absolute Gasteiger partial charge is 0.323 e. The summed E-state index contributed by atoms with van der Waals surface area (Å²) in [7, 11) is -4.14. The summed E-state index contributed by atoms with van der Waals surface area (Å²) in [4.78, 5) is 12.3. The van der Waals surface area contributed by atoms with E-state index in [1.807, 2.05) is 18.2 Å². The zero-order chi connectivity index (χ0) is 25.4. The molecule has 3 aromatic rings. The highest BCUT2D eigenvalue weighted by Gasteiger charge is 2.56. The average Bonchev–Trinajstić information content (AvgIpc) is 3.52. The fraction of sp³-hybridized carbons (Fsp3) is 0.240. The Balaban J connectivity index is 1.36. The van der Waals surface area contributed by atoms with E-state index in [0.29, 0.717) is 23.7 Å². The molecule has 2 amide bonds. The van der Waals surface area contributed by atoms with Gasteiger partial charge in [0.2, 0.25) is 10.0 Å². The SMILES string of the molecule is NCC1C2CC2CN1S(=O)(=O)c1c(Cl)ccc(NC(=O)Nc2ccccc2Oc2ccccc2)c1O. The summed E-state index contributed by atoms with van der Waals surface area (Å²) in [5, 5.41) is 15.9. The lowest BCUT2D eigenvalue weighted by molar-refractivity contribution is 0.262. The van der Waals surface area contributed by atoms with Gasteiger partial charge in [0.25, 0.3) is 0 Å². The van der Waals surface area contributed by atoms with Gasteiger partial charge in [0.05, 0.1) is 16.4 Å². The molecule has 0 radical (unpaired) electrons. The molecule has 1 aliphatic carbocycles. The van der Waals surface area contributed by atoms with E-state index in [4.69, 9.17) is 22.1 Å². The number of rotatable bonds is 7. The van der Waals surface area contributed by atoms with Crippen molar-refractivity contribution in [3.63, 3.8) is 0 Å². The van der Waals surface area contributed by atoms with E-state index in [9.17, 15) is 18.3 Å². The lowest BCUT2D eigenvalue weighted by Crippen LogP contribution is -2.42. The molecule has 3 aromatic carbocycles. The van der Waals surface area contributed by atoms with Crippen LogP contribution in [-0.2, 0) is 10.0 Å². The molecule has 2 aliphatic rings. The molecule has 0 spiro atoms.